The number of aliphatic hydroxyl groups is 4. The number of benzene rings is 3. The number of carboxylic acids is 1. The summed E-state index contributed by atoms with van der Waals surface area (Å²) in [5.41, 5.74) is -0.833. The number of aryl methyl sites for hydroxylation is 2. The number of allylic oxidation sites excluding steroid dienone is 1. The number of carboxylic acid groups (broad SMARTS) is 1. The molecule has 61 heavy (non-hydrogen) atoms. The Kier molecular flexibility index (Phi) is 12.3. The molecule has 1 saturated heterocycles. The van der Waals surface area contributed by atoms with E-state index in [1.54, 1.807) is 24.4 Å². The number of aldehydes is 1. The van der Waals surface area contributed by atoms with E-state index < -0.39 is 72.9 Å². The van der Waals surface area contributed by atoms with E-state index >= 15 is 0 Å². The van der Waals surface area contributed by atoms with Gasteiger partial charge in [0, 0.05) is 36.4 Å². The SMILES string of the molecule is Cc1cc(C)cc(C2=C3N=CC=C3C[NH+]2OC2C(Oc3ccc4c(=O)c(-c5ccc(O)cc5)coc4c3)OC(COC(=O)C(NCCC=O)C(=O)O)C(O)(CO)C2(O)CO)c1. The summed E-state index contributed by atoms with van der Waals surface area (Å²) in [7, 11) is 0. The zero-order valence-electron chi connectivity index (χ0n) is 32.9. The van der Waals surface area contributed by atoms with E-state index in [2.05, 4.69) is 10.3 Å². The second-order valence-electron chi connectivity index (χ2n) is 15.0. The van der Waals surface area contributed by atoms with Crippen molar-refractivity contribution in [2.24, 2.45) is 4.99 Å². The van der Waals surface area contributed by atoms with Crippen molar-refractivity contribution < 1.29 is 73.6 Å². The maximum Gasteiger partial charge on any atom is 0.334 e. The van der Waals surface area contributed by atoms with Gasteiger partial charge in [0.2, 0.25) is 18.4 Å². The minimum absolute atomic E-state index is 0.0133. The number of esters is 1. The third-order valence-electron chi connectivity index (χ3n) is 10.9. The van der Waals surface area contributed by atoms with Gasteiger partial charge >= 0.3 is 11.9 Å². The van der Waals surface area contributed by atoms with Gasteiger partial charge in [-0.25, -0.2) is 14.6 Å². The highest BCUT2D eigenvalue weighted by atomic mass is 16.8. The van der Waals surface area contributed by atoms with Crippen LogP contribution in [0.4, 0.5) is 0 Å². The van der Waals surface area contributed by atoms with Crippen molar-refractivity contribution in [3.63, 3.8) is 0 Å². The van der Waals surface area contributed by atoms with Gasteiger partial charge in [-0.05, 0) is 61.9 Å². The van der Waals surface area contributed by atoms with Crippen LogP contribution >= 0.6 is 0 Å². The normalized spacial score (nSPS) is 25.0. The Morgan fingerprint density at radius 2 is 1.74 bits per heavy atom. The largest absolute Gasteiger partial charge is 0.508 e. The van der Waals surface area contributed by atoms with Gasteiger partial charge in [0.15, 0.2) is 22.3 Å². The zero-order chi connectivity index (χ0) is 43.6. The number of nitrogens with one attached hydrogen (secondary N) is 2. The number of hydroxylamine groups is 2. The average Bonchev–Trinajstić information content (AvgIpc) is 3.83. The van der Waals surface area contributed by atoms with Crippen LogP contribution in [-0.2, 0) is 28.7 Å². The summed E-state index contributed by atoms with van der Waals surface area (Å²) in [6.45, 7) is 0.266. The highest BCUT2D eigenvalue weighted by molar-refractivity contribution is 5.98. The van der Waals surface area contributed by atoms with E-state index in [0.29, 0.717) is 23.2 Å². The number of aromatic hydroxyl groups is 1. The summed E-state index contributed by atoms with van der Waals surface area (Å²) >= 11 is 0. The molecule has 0 aliphatic carbocycles. The fourth-order valence-electron chi connectivity index (χ4n) is 7.73. The number of rotatable bonds is 16. The summed E-state index contributed by atoms with van der Waals surface area (Å²) in [5, 5.41) is 68.5. The van der Waals surface area contributed by atoms with Crippen molar-refractivity contribution in [3.8, 4) is 22.6 Å². The molecule has 4 aromatic rings. The van der Waals surface area contributed by atoms with Gasteiger partial charge in [0.05, 0.1) is 24.2 Å². The predicted octanol–water partition coefficient (Wildman–Crippen LogP) is 0.0862. The van der Waals surface area contributed by atoms with E-state index in [1.807, 2.05) is 32.0 Å². The Morgan fingerprint density at radius 1 is 1.02 bits per heavy atom. The first-order chi connectivity index (χ1) is 29.2. The van der Waals surface area contributed by atoms with Crippen molar-refractivity contribution in [3.05, 3.63) is 111 Å². The van der Waals surface area contributed by atoms with Gasteiger partial charge in [0.1, 0.15) is 54.6 Å². The first-order valence-corrected chi connectivity index (χ1v) is 19.2. The Labute approximate surface area is 347 Å². The Bertz CT molecular complexity index is 2480. The molecule has 3 aliphatic rings. The third-order valence-corrected chi connectivity index (χ3v) is 10.9. The molecule has 0 bridgehead atoms. The van der Waals surface area contributed by atoms with Crippen LogP contribution in [0.3, 0.4) is 0 Å². The van der Waals surface area contributed by atoms with Crippen molar-refractivity contribution >= 4 is 41.1 Å². The minimum atomic E-state index is -2.86. The number of aliphatic imine (C=N–C) groups is 1. The number of phenolic OH excluding ortho intramolecular Hbond substituents is 1. The van der Waals surface area contributed by atoms with Crippen LogP contribution in [0, 0.1) is 13.8 Å². The number of hydrogen-bond donors (Lipinski definition) is 8. The summed E-state index contributed by atoms with van der Waals surface area (Å²) < 4.78 is 23.6. The van der Waals surface area contributed by atoms with Crippen molar-refractivity contribution in [1.82, 2.24) is 5.32 Å². The molecular weight excluding hydrogens is 798 g/mol. The molecular formula is C43H44N3O15+. The number of quaternary nitrogens is 1. The van der Waals surface area contributed by atoms with Crippen LogP contribution in [0.2, 0.25) is 0 Å². The molecule has 0 amide bonds. The lowest BCUT2D eigenvalue weighted by atomic mass is 9.73. The van der Waals surface area contributed by atoms with Crippen LogP contribution in [0.15, 0.2) is 98.5 Å². The number of fused-ring (bicyclic) bond motifs is 2. The Hall–Kier alpha value is -6.09. The number of phenols is 1. The van der Waals surface area contributed by atoms with E-state index in [-0.39, 0.29) is 52.6 Å². The van der Waals surface area contributed by atoms with Crippen molar-refractivity contribution in [2.45, 2.75) is 56.0 Å². The number of hydrogen-bond acceptors (Lipinski definition) is 16. The zero-order valence-corrected chi connectivity index (χ0v) is 32.9. The Morgan fingerprint density at radius 3 is 2.41 bits per heavy atom. The quantitative estimate of drug-likeness (QED) is 0.0321. The summed E-state index contributed by atoms with van der Waals surface area (Å²) in [6, 6.07) is 14.0. The fraction of sp³-hybridized carbons (Fsp3) is 0.326. The van der Waals surface area contributed by atoms with Gasteiger partial charge in [-0.2, -0.15) is 9.90 Å². The Balaban J connectivity index is 1.27. The number of aliphatic hydroxyl groups excluding tert-OH is 2. The van der Waals surface area contributed by atoms with Crippen LogP contribution in [-0.4, -0.2) is 124 Å². The number of carbonyl (C=O) groups excluding carboxylic acids is 2. The van der Waals surface area contributed by atoms with Gasteiger partial charge in [-0.3, -0.25) is 10.1 Å². The second kappa shape index (κ2) is 17.5. The molecule has 3 aromatic carbocycles. The molecule has 1 aromatic heterocycles. The maximum atomic E-state index is 13.6. The first-order valence-electron chi connectivity index (χ1n) is 19.2. The molecule has 320 valence electrons. The number of nitrogens with zero attached hydrogens (tertiary/aromatic N) is 1. The number of aliphatic carboxylic acids is 1. The molecule has 7 atom stereocenters. The molecule has 18 nitrogen and oxygen atoms in total. The van der Waals surface area contributed by atoms with Crippen molar-refractivity contribution in [1.29, 1.82) is 0 Å². The van der Waals surface area contributed by atoms with E-state index in [4.69, 9.17) is 23.5 Å². The molecule has 0 radical (unpaired) electrons. The first kappa shape index (κ1) is 43.0. The molecule has 18 heteroatoms. The molecule has 7 unspecified atom stereocenters. The van der Waals surface area contributed by atoms with E-state index in [9.17, 15) is 49.8 Å². The monoisotopic (exact) mass is 842 g/mol. The van der Waals surface area contributed by atoms with Crippen LogP contribution in [0.5, 0.6) is 11.5 Å². The molecule has 0 saturated carbocycles. The summed E-state index contributed by atoms with van der Waals surface area (Å²) in [6.07, 6.45) is -0.494. The van der Waals surface area contributed by atoms with E-state index in [1.165, 1.54) is 36.6 Å². The van der Waals surface area contributed by atoms with Crippen LogP contribution in [0.1, 0.15) is 23.1 Å². The molecule has 0 spiro atoms. The second-order valence-corrected chi connectivity index (χ2v) is 15.0. The highest BCUT2D eigenvalue weighted by Gasteiger charge is 2.68. The fourth-order valence-corrected chi connectivity index (χ4v) is 7.73. The lowest BCUT2D eigenvalue weighted by Crippen LogP contribution is -3.09. The van der Waals surface area contributed by atoms with Crippen LogP contribution < -0.4 is 20.5 Å². The maximum absolute atomic E-state index is 13.6. The van der Waals surface area contributed by atoms with Crippen LogP contribution in [0.25, 0.3) is 27.8 Å². The minimum Gasteiger partial charge on any atom is -0.508 e. The number of ether oxygens (including phenoxy) is 3. The van der Waals surface area contributed by atoms with Gasteiger partial charge in [0.25, 0.3) is 0 Å². The molecule has 7 rings (SSSR count). The lowest BCUT2D eigenvalue weighted by Gasteiger charge is -2.54. The standard InChI is InChI=1S/C43H43N3O15/c1-23-14-24(2)16-27(15-23)36-34-26(10-12-45-34)18-46(36)61-38-41(59-29-8-9-30-32(17-29)57-19-31(37(30)51)25-4-6-28(50)7-5-25)60-33(42(55,21-48)43(38,56)22-49)20-58-40(54)35(39(52)53)44-11-3-13-47/h4-10,12-17,19,33,35,38,41,44,48-50,55-56H,3,11,18,20-22H2,1-2H3,(H,52,53)/p+1. The van der Waals surface area contributed by atoms with Gasteiger partial charge in [-0.1, -0.05) is 29.3 Å². The summed E-state index contributed by atoms with van der Waals surface area (Å²) in [4.78, 5) is 60.4. The van der Waals surface area contributed by atoms with Gasteiger partial charge < -0.3 is 54.1 Å². The lowest BCUT2D eigenvalue weighted by molar-refractivity contribution is -1.04. The molecule has 4 heterocycles. The topological polar surface area (TPSA) is 269 Å². The smallest absolute Gasteiger partial charge is 0.334 e. The molecule has 8 N–H and O–H groups in total. The number of carbonyl (C=O) groups is 3. The predicted molar refractivity (Wildman–Crippen MR) is 214 cm³/mol. The highest BCUT2D eigenvalue weighted by Crippen LogP contribution is 2.41. The average molecular weight is 843 g/mol. The molecule has 3 aliphatic heterocycles. The van der Waals surface area contributed by atoms with E-state index in [0.717, 1.165) is 22.3 Å². The summed E-state index contributed by atoms with van der Waals surface area (Å²) in [5.74, 6) is -2.99. The molecule has 1 fully saturated rings. The van der Waals surface area contributed by atoms with Crippen molar-refractivity contribution in [2.75, 3.05) is 32.9 Å². The third kappa shape index (κ3) is 8.22. The van der Waals surface area contributed by atoms with Gasteiger partial charge in [-0.15, -0.1) is 0 Å².